The topological polar surface area (TPSA) is 70.6 Å². The maximum absolute atomic E-state index is 13.4. The number of aromatic nitrogens is 1. The van der Waals surface area contributed by atoms with Crippen LogP contribution in [0, 0.1) is 0 Å². The Balaban J connectivity index is 1.95. The molecule has 1 aromatic heterocycles. The van der Waals surface area contributed by atoms with E-state index in [2.05, 4.69) is 4.98 Å². The van der Waals surface area contributed by atoms with Gasteiger partial charge in [-0.1, -0.05) is 41.9 Å². The lowest BCUT2D eigenvalue weighted by molar-refractivity contribution is -0.119. The van der Waals surface area contributed by atoms with E-state index in [0.717, 1.165) is 5.56 Å². The molecule has 0 unspecified atom stereocenters. The first-order valence-electron chi connectivity index (χ1n) is 9.81. The summed E-state index contributed by atoms with van der Waals surface area (Å²) < 4.78 is 27.9. The van der Waals surface area contributed by atoms with Gasteiger partial charge in [0.15, 0.2) is 0 Å². The molecule has 2 aromatic carbocycles. The molecule has 8 heteroatoms. The van der Waals surface area contributed by atoms with Crippen molar-refractivity contribution < 1.29 is 13.2 Å². The Morgan fingerprint density at radius 1 is 1.00 bits per heavy atom. The van der Waals surface area contributed by atoms with E-state index in [4.69, 9.17) is 11.6 Å². The van der Waals surface area contributed by atoms with Crippen LogP contribution in [0.1, 0.15) is 19.4 Å². The van der Waals surface area contributed by atoms with Gasteiger partial charge in [-0.15, -0.1) is 0 Å². The number of pyridine rings is 1. The van der Waals surface area contributed by atoms with Crippen LogP contribution in [0.5, 0.6) is 0 Å². The first kappa shape index (κ1) is 22.9. The van der Waals surface area contributed by atoms with Gasteiger partial charge in [-0.05, 0) is 55.8 Å². The minimum absolute atomic E-state index is 0.0286. The number of rotatable bonds is 8. The summed E-state index contributed by atoms with van der Waals surface area (Å²) >= 11 is 5.96. The van der Waals surface area contributed by atoms with Crippen LogP contribution in [-0.4, -0.2) is 36.2 Å². The average Bonchev–Trinajstić information content (AvgIpc) is 2.76. The largest absolute Gasteiger partial charge is 0.309 e. The second-order valence-corrected chi connectivity index (χ2v) is 9.66. The minimum atomic E-state index is -3.96. The quantitative estimate of drug-likeness (QED) is 0.503. The van der Waals surface area contributed by atoms with Gasteiger partial charge < -0.3 is 4.90 Å². The van der Waals surface area contributed by atoms with E-state index >= 15 is 0 Å². The summed E-state index contributed by atoms with van der Waals surface area (Å²) in [4.78, 5) is 18.9. The highest BCUT2D eigenvalue weighted by Gasteiger charge is 2.30. The summed E-state index contributed by atoms with van der Waals surface area (Å²) in [5.74, 6) is -0.317. The molecule has 0 fully saturated rings. The summed E-state index contributed by atoms with van der Waals surface area (Å²) in [5.41, 5.74) is 1.44. The number of amides is 1. The molecular formula is C23H24ClN3O3S. The Hall–Kier alpha value is -2.74. The first-order chi connectivity index (χ1) is 14.8. The fourth-order valence-electron chi connectivity index (χ4n) is 3.21. The van der Waals surface area contributed by atoms with Crippen LogP contribution in [0.25, 0.3) is 0 Å². The molecule has 0 radical (unpaired) electrons. The van der Waals surface area contributed by atoms with Crippen molar-refractivity contribution in [3.05, 3.63) is 89.7 Å². The van der Waals surface area contributed by atoms with E-state index in [0.29, 0.717) is 10.7 Å². The van der Waals surface area contributed by atoms with Gasteiger partial charge in [0.2, 0.25) is 15.9 Å². The van der Waals surface area contributed by atoms with Gasteiger partial charge in [0.25, 0.3) is 0 Å². The van der Waals surface area contributed by atoms with Crippen LogP contribution in [-0.2, 0) is 21.4 Å². The molecule has 0 saturated carbocycles. The van der Waals surface area contributed by atoms with Crippen molar-refractivity contribution in [2.75, 3.05) is 11.4 Å². The third kappa shape index (κ3) is 5.70. The van der Waals surface area contributed by atoms with Crippen LogP contribution in [0.15, 0.2) is 84.0 Å². The molecule has 0 atom stereocenters. The van der Waals surface area contributed by atoms with Gasteiger partial charge in [0, 0.05) is 35.7 Å². The van der Waals surface area contributed by atoms with Gasteiger partial charge in [0.05, 0.1) is 6.54 Å². The number of sulfonamides is 1. The van der Waals surface area contributed by atoms with Crippen LogP contribution >= 0.6 is 11.6 Å². The fraction of sp³-hybridized carbons (Fsp3) is 0.217. The monoisotopic (exact) mass is 457 g/mol. The minimum Gasteiger partial charge on any atom is -0.309 e. The molecule has 0 aliphatic carbocycles. The Labute approximate surface area is 188 Å². The van der Waals surface area contributed by atoms with Gasteiger partial charge in [-0.2, -0.15) is 4.31 Å². The van der Waals surface area contributed by atoms with E-state index < -0.39 is 10.0 Å². The molecule has 0 aliphatic heterocycles. The van der Waals surface area contributed by atoms with Crippen molar-refractivity contribution in [1.82, 2.24) is 9.29 Å². The van der Waals surface area contributed by atoms with Crippen molar-refractivity contribution in [1.29, 1.82) is 0 Å². The van der Waals surface area contributed by atoms with E-state index in [1.54, 1.807) is 35.2 Å². The lowest BCUT2D eigenvalue weighted by Gasteiger charge is -2.30. The highest BCUT2D eigenvalue weighted by Crippen LogP contribution is 2.22. The molecule has 1 amide bonds. The molecule has 162 valence electrons. The Kier molecular flexibility index (Phi) is 7.43. The number of carbonyl (C=O) groups is 1. The molecule has 3 rings (SSSR count). The normalized spacial score (nSPS) is 11.6. The Morgan fingerprint density at radius 3 is 2.26 bits per heavy atom. The number of hydrogen-bond donors (Lipinski definition) is 0. The number of para-hydroxylation sites is 1. The molecule has 0 bridgehead atoms. The van der Waals surface area contributed by atoms with Crippen LogP contribution < -0.4 is 4.90 Å². The van der Waals surface area contributed by atoms with Crippen LogP contribution in [0.3, 0.4) is 0 Å². The molecule has 0 N–H and O–H groups in total. The second-order valence-electron chi connectivity index (χ2n) is 7.28. The van der Waals surface area contributed by atoms with Gasteiger partial charge in [-0.3, -0.25) is 9.78 Å². The number of carbonyl (C=O) groups excluding carboxylic acids is 1. The zero-order valence-corrected chi connectivity index (χ0v) is 18.9. The van der Waals surface area contributed by atoms with E-state index in [-0.39, 0.29) is 29.9 Å². The Morgan fingerprint density at radius 2 is 1.68 bits per heavy atom. The van der Waals surface area contributed by atoms with Crippen molar-refractivity contribution in [3.63, 3.8) is 0 Å². The second kappa shape index (κ2) is 10.0. The molecule has 0 spiro atoms. The van der Waals surface area contributed by atoms with E-state index in [9.17, 15) is 13.2 Å². The maximum atomic E-state index is 13.4. The van der Waals surface area contributed by atoms with Gasteiger partial charge in [0.1, 0.15) is 4.90 Å². The van der Waals surface area contributed by atoms with Crippen molar-refractivity contribution in [2.24, 2.45) is 0 Å². The summed E-state index contributed by atoms with van der Waals surface area (Å²) in [6.45, 7) is 3.50. The SMILES string of the molecule is CC(C)N(C(=O)CN(Cc1ccc(Cl)cc1)S(=O)(=O)c1cccnc1)c1ccccc1. The van der Waals surface area contributed by atoms with Crippen LogP contribution in [0.2, 0.25) is 5.02 Å². The third-order valence-corrected chi connectivity index (χ3v) is 6.70. The van der Waals surface area contributed by atoms with E-state index in [1.165, 1.54) is 22.8 Å². The fourth-order valence-corrected chi connectivity index (χ4v) is 4.68. The predicted octanol–water partition coefficient (Wildman–Crippen LogP) is 4.37. The summed E-state index contributed by atoms with van der Waals surface area (Å²) in [6, 6.07) is 19.0. The molecule has 0 saturated heterocycles. The molecule has 6 nitrogen and oxygen atoms in total. The van der Waals surface area contributed by atoms with Crippen molar-refractivity contribution in [2.45, 2.75) is 31.3 Å². The number of benzene rings is 2. The number of hydrogen-bond acceptors (Lipinski definition) is 4. The third-order valence-electron chi connectivity index (χ3n) is 4.68. The summed E-state index contributed by atoms with van der Waals surface area (Å²) in [6.07, 6.45) is 2.79. The number of halogens is 1. The summed E-state index contributed by atoms with van der Waals surface area (Å²) in [7, 11) is -3.96. The van der Waals surface area contributed by atoms with Gasteiger partial charge in [-0.25, -0.2) is 8.42 Å². The lowest BCUT2D eigenvalue weighted by Crippen LogP contribution is -2.45. The molecule has 1 heterocycles. The number of anilines is 1. The lowest BCUT2D eigenvalue weighted by atomic mass is 10.2. The zero-order valence-electron chi connectivity index (χ0n) is 17.3. The number of nitrogens with zero attached hydrogens (tertiary/aromatic N) is 3. The molecule has 31 heavy (non-hydrogen) atoms. The molecule has 0 aliphatic rings. The average molecular weight is 458 g/mol. The Bertz CT molecular complexity index is 1110. The van der Waals surface area contributed by atoms with Crippen LogP contribution in [0.4, 0.5) is 5.69 Å². The molecule has 3 aromatic rings. The highest BCUT2D eigenvalue weighted by atomic mass is 35.5. The smallest absolute Gasteiger partial charge is 0.245 e. The highest BCUT2D eigenvalue weighted by molar-refractivity contribution is 7.89. The molecular weight excluding hydrogens is 434 g/mol. The first-order valence-corrected chi connectivity index (χ1v) is 11.6. The maximum Gasteiger partial charge on any atom is 0.245 e. The van der Waals surface area contributed by atoms with Gasteiger partial charge >= 0.3 is 0 Å². The van der Waals surface area contributed by atoms with Crippen molar-refractivity contribution >= 4 is 33.2 Å². The predicted molar refractivity (Wildman–Crippen MR) is 122 cm³/mol. The standard InChI is InChI=1S/C23H24ClN3O3S/c1-18(2)27(21-7-4-3-5-8-21)23(28)17-26(16-19-10-12-20(24)13-11-19)31(29,30)22-9-6-14-25-15-22/h3-15,18H,16-17H2,1-2H3. The zero-order chi connectivity index (χ0) is 22.4. The summed E-state index contributed by atoms with van der Waals surface area (Å²) in [5, 5.41) is 0.552. The van der Waals surface area contributed by atoms with Crippen molar-refractivity contribution in [3.8, 4) is 0 Å². The van der Waals surface area contributed by atoms with E-state index in [1.807, 2.05) is 44.2 Å².